The molecule has 3 rings (SSSR count). The van der Waals surface area contributed by atoms with Crippen molar-refractivity contribution in [1.29, 1.82) is 0 Å². The molecule has 2 aliphatic rings. The van der Waals surface area contributed by atoms with E-state index in [1.807, 2.05) is 18.5 Å². The van der Waals surface area contributed by atoms with E-state index in [1.54, 1.807) is 0 Å². The van der Waals surface area contributed by atoms with Crippen molar-refractivity contribution in [2.24, 2.45) is 17.8 Å². The highest BCUT2D eigenvalue weighted by atomic mass is 16.6. The molecule has 42 heavy (non-hydrogen) atoms. The standard InChI is InChI=1S/C31H55N5O6/c1-23(2)40-18-8-6-5-7-15-32-30(37)10-9-17-36-29-14-12-26-25(11-13-28(29)34-35-36)27(26)22-42-31(38)33-16-19-39-20-21-41-24(3)4/h23-27H,5-22H2,1-4H3,(H,32,37)(H,33,38). The highest BCUT2D eigenvalue weighted by Crippen LogP contribution is 2.52. The van der Waals surface area contributed by atoms with E-state index in [1.165, 1.54) is 5.69 Å². The lowest BCUT2D eigenvalue weighted by Gasteiger charge is -2.11. The Balaban J connectivity index is 1.24. The Hall–Kier alpha value is -2.24. The average molecular weight is 594 g/mol. The minimum atomic E-state index is -0.381. The van der Waals surface area contributed by atoms with Crippen LogP contribution >= 0.6 is 0 Å². The fourth-order valence-corrected chi connectivity index (χ4v) is 5.75. The van der Waals surface area contributed by atoms with Crippen LogP contribution < -0.4 is 10.6 Å². The zero-order chi connectivity index (χ0) is 30.2. The Morgan fingerprint density at radius 1 is 0.857 bits per heavy atom. The topological polar surface area (TPSA) is 126 Å². The summed E-state index contributed by atoms with van der Waals surface area (Å²) in [5.74, 6) is 1.69. The second kappa shape index (κ2) is 19.1. The van der Waals surface area contributed by atoms with E-state index in [2.05, 4.69) is 34.8 Å². The molecule has 0 spiro atoms. The van der Waals surface area contributed by atoms with Crippen LogP contribution in [-0.2, 0) is 43.1 Å². The summed E-state index contributed by atoms with van der Waals surface area (Å²) in [6.07, 6.45) is 9.62. The Morgan fingerprint density at radius 2 is 1.60 bits per heavy atom. The Bertz CT molecular complexity index is 924. The zero-order valence-corrected chi connectivity index (χ0v) is 26.4. The van der Waals surface area contributed by atoms with Crippen LogP contribution in [0.4, 0.5) is 4.79 Å². The molecule has 11 nitrogen and oxygen atoms in total. The molecule has 11 heteroatoms. The number of nitrogens with one attached hydrogen (secondary N) is 2. The van der Waals surface area contributed by atoms with Crippen molar-refractivity contribution in [2.45, 2.75) is 111 Å². The number of unbranched alkanes of at least 4 members (excludes halogenated alkanes) is 3. The summed E-state index contributed by atoms with van der Waals surface area (Å²) in [7, 11) is 0. The van der Waals surface area contributed by atoms with Crippen LogP contribution in [0, 0.1) is 17.8 Å². The number of ether oxygens (including phenoxy) is 4. The smallest absolute Gasteiger partial charge is 0.407 e. The number of rotatable bonds is 21. The number of hydrogen-bond donors (Lipinski definition) is 2. The lowest BCUT2D eigenvalue weighted by molar-refractivity contribution is -0.121. The molecular weight excluding hydrogens is 538 g/mol. The van der Waals surface area contributed by atoms with Gasteiger partial charge in [-0.15, -0.1) is 5.10 Å². The number of amides is 2. The molecular formula is C31H55N5O6. The van der Waals surface area contributed by atoms with Gasteiger partial charge in [-0.3, -0.25) is 4.79 Å². The molecule has 2 N–H and O–H groups in total. The highest BCUT2D eigenvalue weighted by Gasteiger charge is 2.50. The number of alkyl carbamates (subject to hydrolysis) is 1. The fraction of sp³-hybridized carbons (Fsp3) is 0.871. The Kier molecular flexibility index (Phi) is 15.6. The Labute approximate surface area is 252 Å². The monoisotopic (exact) mass is 593 g/mol. The quantitative estimate of drug-likeness (QED) is 0.204. The first kappa shape index (κ1) is 34.3. The van der Waals surface area contributed by atoms with Crippen molar-refractivity contribution in [3.63, 3.8) is 0 Å². The lowest BCUT2D eigenvalue weighted by Crippen LogP contribution is -2.29. The summed E-state index contributed by atoms with van der Waals surface area (Å²) in [5, 5.41) is 14.7. The SMILES string of the molecule is CC(C)OCCCCCCNC(=O)CCCn1nnc2c1CCC1C(CC2)C1COC(=O)NCCOCCOC(C)C. The van der Waals surface area contributed by atoms with Gasteiger partial charge in [-0.05, 0) is 90.4 Å². The summed E-state index contributed by atoms with van der Waals surface area (Å²) in [4.78, 5) is 24.4. The summed E-state index contributed by atoms with van der Waals surface area (Å²) in [5.41, 5.74) is 2.29. The van der Waals surface area contributed by atoms with Crippen LogP contribution in [0.25, 0.3) is 0 Å². The molecule has 0 radical (unpaired) electrons. The fourth-order valence-electron chi connectivity index (χ4n) is 5.75. The van der Waals surface area contributed by atoms with Gasteiger partial charge >= 0.3 is 6.09 Å². The van der Waals surface area contributed by atoms with E-state index in [0.717, 1.165) is 76.6 Å². The lowest BCUT2D eigenvalue weighted by atomic mass is 10.0. The van der Waals surface area contributed by atoms with Crippen molar-refractivity contribution in [3.8, 4) is 0 Å². The van der Waals surface area contributed by atoms with Gasteiger partial charge in [0.05, 0.1) is 50.0 Å². The molecule has 3 atom stereocenters. The van der Waals surface area contributed by atoms with Crippen molar-refractivity contribution >= 4 is 12.0 Å². The predicted molar refractivity (Wildman–Crippen MR) is 160 cm³/mol. The van der Waals surface area contributed by atoms with Gasteiger partial charge in [0.2, 0.25) is 5.91 Å². The number of fused-ring (bicyclic) bond motifs is 2. The predicted octanol–water partition coefficient (Wildman–Crippen LogP) is 4.07. The first-order chi connectivity index (χ1) is 20.3. The summed E-state index contributed by atoms with van der Waals surface area (Å²) < 4.78 is 23.9. The molecule has 1 fully saturated rings. The summed E-state index contributed by atoms with van der Waals surface area (Å²) in [6, 6.07) is 0. The molecule has 1 aromatic heterocycles. The first-order valence-corrected chi connectivity index (χ1v) is 16.2. The number of carbonyl (C=O) groups is 2. The van der Waals surface area contributed by atoms with E-state index < -0.39 is 0 Å². The number of aryl methyl sites for hydroxylation is 2. The normalized spacial score (nSPS) is 19.6. The van der Waals surface area contributed by atoms with Gasteiger partial charge in [-0.25, -0.2) is 9.48 Å². The molecule has 1 aromatic rings. The van der Waals surface area contributed by atoms with Gasteiger partial charge < -0.3 is 29.6 Å². The van der Waals surface area contributed by atoms with Crippen molar-refractivity contribution in [3.05, 3.63) is 11.4 Å². The molecule has 0 aromatic carbocycles. The highest BCUT2D eigenvalue weighted by molar-refractivity contribution is 5.75. The van der Waals surface area contributed by atoms with Crippen LogP contribution in [0.3, 0.4) is 0 Å². The number of carbonyl (C=O) groups excluding carboxylic acids is 2. The van der Waals surface area contributed by atoms with Gasteiger partial charge in [0.1, 0.15) is 0 Å². The number of nitrogens with zero attached hydrogens (tertiary/aromatic N) is 3. The van der Waals surface area contributed by atoms with E-state index in [9.17, 15) is 9.59 Å². The summed E-state index contributed by atoms with van der Waals surface area (Å²) >= 11 is 0. The van der Waals surface area contributed by atoms with Gasteiger partial charge in [-0.1, -0.05) is 18.1 Å². The van der Waals surface area contributed by atoms with E-state index in [0.29, 0.717) is 69.8 Å². The third-order valence-corrected chi connectivity index (χ3v) is 8.08. The van der Waals surface area contributed by atoms with Gasteiger partial charge in [0, 0.05) is 32.7 Å². The first-order valence-electron chi connectivity index (χ1n) is 16.2. The molecule has 0 aliphatic heterocycles. The summed E-state index contributed by atoms with van der Waals surface area (Å²) in [6.45, 7) is 12.7. The molecule has 2 amide bonds. The van der Waals surface area contributed by atoms with Gasteiger partial charge in [-0.2, -0.15) is 0 Å². The molecule has 0 saturated heterocycles. The van der Waals surface area contributed by atoms with Crippen molar-refractivity contribution in [1.82, 2.24) is 25.6 Å². The maximum atomic E-state index is 12.3. The van der Waals surface area contributed by atoms with E-state index in [-0.39, 0.29) is 18.1 Å². The van der Waals surface area contributed by atoms with Gasteiger partial charge in [0.15, 0.2) is 0 Å². The molecule has 0 bridgehead atoms. The molecule has 240 valence electrons. The molecule has 3 unspecified atom stereocenters. The van der Waals surface area contributed by atoms with Gasteiger partial charge in [0.25, 0.3) is 0 Å². The third kappa shape index (κ3) is 13.0. The molecule has 1 heterocycles. The van der Waals surface area contributed by atoms with Crippen LogP contribution in [0.5, 0.6) is 0 Å². The second-order valence-electron chi connectivity index (χ2n) is 12.1. The van der Waals surface area contributed by atoms with Crippen molar-refractivity contribution in [2.75, 3.05) is 46.1 Å². The number of aromatic nitrogens is 3. The van der Waals surface area contributed by atoms with Crippen LogP contribution in [0.15, 0.2) is 0 Å². The van der Waals surface area contributed by atoms with Crippen molar-refractivity contribution < 1.29 is 28.5 Å². The minimum Gasteiger partial charge on any atom is -0.449 e. The Morgan fingerprint density at radius 3 is 2.38 bits per heavy atom. The average Bonchev–Trinajstić information content (AvgIpc) is 3.45. The molecule has 2 aliphatic carbocycles. The second-order valence-corrected chi connectivity index (χ2v) is 12.1. The van der Waals surface area contributed by atoms with E-state index >= 15 is 0 Å². The largest absolute Gasteiger partial charge is 0.449 e. The van der Waals surface area contributed by atoms with E-state index in [4.69, 9.17) is 18.9 Å². The molecule has 1 saturated carbocycles. The van der Waals surface area contributed by atoms with Crippen LogP contribution in [-0.4, -0.2) is 85.3 Å². The number of hydrogen-bond acceptors (Lipinski definition) is 8. The zero-order valence-electron chi connectivity index (χ0n) is 26.4. The van der Waals surface area contributed by atoms with Crippen LogP contribution in [0.1, 0.15) is 90.4 Å². The third-order valence-electron chi connectivity index (χ3n) is 8.08. The maximum absolute atomic E-state index is 12.3. The maximum Gasteiger partial charge on any atom is 0.407 e. The van der Waals surface area contributed by atoms with Crippen LogP contribution in [0.2, 0.25) is 0 Å². The minimum absolute atomic E-state index is 0.109.